The van der Waals surface area contributed by atoms with Gasteiger partial charge in [-0.05, 0) is 38.0 Å². The number of hydrogen-bond acceptors (Lipinski definition) is 3. The van der Waals surface area contributed by atoms with Crippen LogP contribution in [0.15, 0.2) is 18.7 Å². The highest BCUT2D eigenvalue weighted by Gasteiger charge is 2.43. The van der Waals surface area contributed by atoms with Crippen LogP contribution in [0.1, 0.15) is 38.5 Å². The van der Waals surface area contributed by atoms with Gasteiger partial charge in [0.2, 0.25) is 11.8 Å². The third kappa shape index (κ3) is 3.32. The molecule has 1 aliphatic carbocycles. The van der Waals surface area contributed by atoms with Crippen LogP contribution in [0.25, 0.3) is 0 Å². The van der Waals surface area contributed by atoms with E-state index < -0.39 is 0 Å². The lowest BCUT2D eigenvalue weighted by atomic mass is 9.73. The van der Waals surface area contributed by atoms with E-state index >= 15 is 0 Å². The number of likely N-dealkylation sites (tertiary alicyclic amines) is 2. The van der Waals surface area contributed by atoms with E-state index in [0.717, 1.165) is 51.4 Å². The Kier molecular flexibility index (Phi) is 4.06. The zero-order chi connectivity index (χ0) is 16.6. The molecule has 24 heavy (non-hydrogen) atoms. The minimum Gasteiger partial charge on any atom is -0.342 e. The van der Waals surface area contributed by atoms with Gasteiger partial charge in [-0.1, -0.05) is 0 Å². The van der Waals surface area contributed by atoms with Crippen molar-refractivity contribution in [2.75, 3.05) is 26.2 Å². The lowest BCUT2D eigenvalue weighted by molar-refractivity contribution is -0.143. The van der Waals surface area contributed by atoms with Gasteiger partial charge in [0.05, 0.1) is 6.33 Å². The Morgan fingerprint density at radius 2 is 2.17 bits per heavy atom. The summed E-state index contributed by atoms with van der Waals surface area (Å²) in [6, 6.07) is 0. The number of carbonyl (C=O) groups is 2. The van der Waals surface area contributed by atoms with Crippen molar-refractivity contribution in [3.63, 3.8) is 0 Å². The van der Waals surface area contributed by atoms with Crippen LogP contribution in [0, 0.1) is 11.3 Å². The SMILES string of the molecule is O=C(Cn1ccnc1)N1CCCC2(CCC(=O)N(CC3CC3)C2)C1. The molecule has 0 radical (unpaired) electrons. The first-order chi connectivity index (χ1) is 11.6. The van der Waals surface area contributed by atoms with Gasteiger partial charge < -0.3 is 14.4 Å². The van der Waals surface area contributed by atoms with Gasteiger partial charge in [-0.15, -0.1) is 0 Å². The van der Waals surface area contributed by atoms with Crippen LogP contribution in [-0.4, -0.2) is 57.3 Å². The number of nitrogens with zero attached hydrogens (tertiary/aromatic N) is 4. The molecule has 1 saturated carbocycles. The molecule has 130 valence electrons. The summed E-state index contributed by atoms with van der Waals surface area (Å²) in [5.74, 6) is 1.21. The van der Waals surface area contributed by atoms with Crippen LogP contribution < -0.4 is 0 Å². The molecular weight excluding hydrogens is 304 g/mol. The Morgan fingerprint density at radius 3 is 2.92 bits per heavy atom. The standard InChI is InChI=1S/C18H26N4O2/c23-16-4-6-18(13-22(16)10-15-2-3-15)5-1-8-21(12-18)17(24)11-20-9-7-19-14-20/h7,9,14-15H,1-6,8,10-13H2. The Balaban J connectivity index is 1.41. The molecule has 4 rings (SSSR count). The van der Waals surface area contributed by atoms with Crippen molar-refractivity contribution in [1.29, 1.82) is 0 Å². The molecule has 6 heteroatoms. The van der Waals surface area contributed by atoms with Crippen molar-refractivity contribution in [2.45, 2.75) is 45.1 Å². The molecule has 2 aliphatic heterocycles. The van der Waals surface area contributed by atoms with Crippen LogP contribution in [0.3, 0.4) is 0 Å². The molecule has 1 aromatic heterocycles. The fourth-order valence-electron chi connectivity index (χ4n) is 4.27. The zero-order valence-electron chi connectivity index (χ0n) is 14.2. The van der Waals surface area contributed by atoms with Crippen LogP contribution in [-0.2, 0) is 16.1 Å². The summed E-state index contributed by atoms with van der Waals surface area (Å²) in [6.07, 6.45) is 11.5. The van der Waals surface area contributed by atoms with Crippen molar-refractivity contribution in [1.82, 2.24) is 19.4 Å². The van der Waals surface area contributed by atoms with E-state index in [4.69, 9.17) is 0 Å². The molecule has 3 fully saturated rings. The highest BCUT2D eigenvalue weighted by atomic mass is 16.2. The van der Waals surface area contributed by atoms with Crippen molar-refractivity contribution in [3.8, 4) is 0 Å². The normalized spacial score (nSPS) is 27.8. The number of aromatic nitrogens is 2. The first-order valence-electron chi connectivity index (χ1n) is 9.15. The third-order valence-corrected chi connectivity index (χ3v) is 5.81. The molecule has 2 amide bonds. The Labute approximate surface area is 142 Å². The van der Waals surface area contributed by atoms with E-state index in [0.29, 0.717) is 18.9 Å². The molecule has 3 heterocycles. The minimum atomic E-state index is 0.117. The first kappa shape index (κ1) is 15.7. The van der Waals surface area contributed by atoms with E-state index in [2.05, 4.69) is 9.88 Å². The van der Waals surface area contributed by atoms with Crippen LogP contribution in [0.2, 0.25) is 0 Å². The molecule has 1 aromatic rings. The summed E-state index contributed by atoms with van der Waals surface area (Å²) in [5.41, 5.74) is 0.117. The Bertz CT molecular complexity index is 611. The molecule has 0 bridgehead atoms. The summed E-state index contributed by atoms with van der Waals surface area (Å²) >= 11 is 0. The molecule has 1 unspecified atom stereocenters. The lowest BCUT2D eigenvalue weighted by Gasteiger charge is -2.48. The van der Waals surface area contributed by atoms with E-state index in [9.17, 15) is 9.59 Å². The number of amides is 2. The number of rotatable bonds is 4. The smallest absolute Gasteiger partial charge is 0.242 e. The highest BCUT2D eigenvalue weighted by molar-refractivity contribution is 5.78. The summed E-state index contributed by atoms with van der Waals surface area (Å²) in [7, 11) is 0. The second kappa shape index (κ2) is 6.22. The maximum atomic E-state index is 12.6. The molecule has 6 nitrogen and oxygen atoms in total. The van der Waals surface area contributed by atoms with Crippen molar-refractivity contribution in [3.05, 3.63) is 18.7 Å². The summed E-state index contributed by atoms with van der Waals surface area (Å²) in [4.78, 5) is 33.0. The summed E-state index contributed by atoms with van der Waals surface area (Å²) < 4.78 is 1.83. The van der Waals surface area contributed by atoms with Gasteiger partial charge in [0.15, 0.2) is 0 Å². The van der Waals surface area contributed by atoms with Gasteiger partial charge >= 0.3 is 0 Å². The minimum absolute atomic E-state index is 0.117. The molecule has 1 spiro atoms. The second-order valence-electron chi connectivity index (χ2n) is 7.87. The average Bonchev–Trinajstić information content (AvgIpc) is 3.25. The van der Waals surface area contributed by atoms with Crippen molar-refractivity contribution < 1.29 is 9.59 Å². The van der Waals surface area contributed by atoms with Crippen molar-refractivity contribution in [2.24, 2.45) is 11.3 Å². The van der Waals surface area contributed by atoms with Gasteiger partial charge in [0.25, 0.3) is 0 Å². The fraction of sp³-hybridized carbons (Fsp3) is 0.722. The Hall–Kier alpha value is -1.85. The van der Waals surface area contributed by atoms with Crippen LogP contribution in [0.4, 0.5) is 0 Å². The average molecular weight is 330 g/mol. The molecule has 0 aromatic carbocycles. The second-order valence-corrected chi connectivity index (χ2v) is 7.87. The number of piperidine rings is 2. The summed E-state index contributed by atoms with van der Waals surface area (Å²) in [6.45, 7) is 3.78. The fourth-order valence-corrected chi connectivity index (χ4v) is 4.27. The largest absolute Gasteiger partial charge is 0.342 e. The van der Waals surface area contributed by atoms with Crippen LogP contribution >= 0.6 is 0 Å². The van der Waals surface area contributed by atoms with E-state index in [1.54, 1.807) is 12.5 Å². The maximum Gasteiger partial charge on any atom is 0.242 e. The monoisotopic (exact) mass is 330 g/mol. The predicted molar refractivity (Wildman–Crippen MR) is 89.0 cm³/mol. The van der Waals surface area contributed by atoms with Gasteiger partial charge in [0.1, 0.15) is 6.54 Å². The number of carbonyl (C=O) groups excluding carboxylic acids is 2. The lowest BCUT2D eigenvalue weighted by Crippen LogP contribution is -2.55. The van der Waals surface area contributed by atoms with Gasteiger partial charge in [-0.2, -0.15) is 0 Å². The number of imidazole rings is 1. The molecule has 1 atom stereocenters. The molecular formula is C18H26N4O2. The summed E-state index contributed by atoms with van der Waals surface area (Å²) in [5, 5.41) is 0. The third-order valence-electron chi connectivity index (χ3n) is 5.81. The number of hydrogen-bond donors (Lipinski definition) is 0. The van der Waals surface area contributed by atoms with Gasteiger partial charge in [-0.25, -0.2) is 4.98 Å². The van der Waals surface area contributed by atoms with E-state index in [1.807, 2.05) is 15.7 Å². The van der Waals surface area contributed by atoms with E-state index in [-0.39, 0.29) is 11.3 Å². The predicted octanol–water partition coefficient (Wildman–Crippen LogP) is 1.52. The first-order valence-corrected chi connectivity index (χ1v) is 9.15. The van der Waals surface area contributed by atoms with Crippen molar-refractivity contribution >= 4 is 11.8 Å². The highest BCUT2D eigenvalue weighted by Crippen LogP contribution is 2.40. The van der Waals surface area contributed by atoms with Gasteiger partial charge in [-0.3, -0.25) is 9.59 Å². The topological polar surface area (TPSA) is 58.4 Å². The molecule has 2 saturated heterocycles. The van der Waals surface area contributed by atoms with E-state index in [1.165, 1.54) is 12.8 Å². The maximum absolute atomic E-state index is 12.6. The van der Waals surface area contributed by atoms with Gasteiger partial charge in [0, 0.05) is 50.4 Å². The Morgan fingerprint density at radius 1 is 1.29 bits per heavy atom. The van der Waals surface area contributed by atoms with Crippen LogP contribution in [0.5, 0.6) is 0 Å². The molecule has 0 N–H and O–H groups in total. The zero-order valence-corrected chi connectivity index (χ0v) is 14.2. The molecule has 3 aliphatic rings. The quantitative estimate of drug-likeness (QED) is 0.841.